The van der Waals surface area contributed by atoms with Gasteiger partial charge in [0.25, 0.3) is 10.0 Å². The Hall–Kier alpha value is -0.570. The predicted octanol–water partition coefficient (Wildman–Crippen LogP) is 3.35. The molecule has 5 nitrogen and oxygen atoms in total. The van der Waals surface area contributed by atoms with Gasteiger partial charge in [-0.25, -0.2) is 8.42 Å². The van der Waals surface area contributed by atoms with E-state index in [9.17, 15) is 8.42 Å². The molecule has 0 aliphatic rings. The largest absolute Gasteiger partial charge is 0.397 e. The second-order valence-electron chi connectivity index (χ2n) is 5.19. The number of unbranched alkanes of at least 4 members (excludes halogenated alkanes) is 1. The Labute approximate surface area is 146 Å². The minimum absolute atomic E-state index is 0.0158. The van der Waals surface area contributed by atoms with Crippen LogP contribution in [0.5, 0.6) is 0 Å². The second-order valence-corrected chi connectivity index (χ2v) is 9.16. The van der Waals surface area contributed by atoms with Crippen LogP contribution in [0.1, 0.15) is 39.5 Å². The van der Waals surface area contributed by atoms with E-state index in [4.69, 9.17) is 29.6 Å². The number of nitrogens with two attached hydrogens (primary N) is 1. The molecule has 1 unspecified atom stereocenters. The molecule has 1 aromatic rings. The summed E-state index contributed by atoms with van der Waals surface area (Å²) in [6.45, 7) is 4.98. The Morgan fingerprint density at radius 2 is 2.18 bits per heavy atom. The van der Waals surface area contributed by atoms with Gasteiger partial charge in [0.2, 0.25) is 0 Å². The van der Waals surface area contributed by atoms with Crippen molar-refractivity contribution in [3.8, 4) is 0 Å². The molecule has 4 N–H and O–H groups in total. The van der Waals surface area contributed by atoms with Crippen LogP contribution in [-0.4, -0.2) is 20.1 Å². The van der Waals surface area contributed by atoms with Gasteiger partial charge in [0.05, 0.1) is 10.0 Å². The molecular formula is C13H22ClN3O2S3. The van der Waals surface area contributed by atoms with E-state index in [1.165, 1.54) is 25.3 Å². The fraction of sp³-hybridized carbons (Fsp3) is 0.615. The SMILES string of the molecule is CCCCC(C)CCNC(=S)NS(=O)(=O)c1sc(Cl)cc1N. The molecule has 1 heterocycles. The van der Waals surface area contributed by atoms with Gasteiger partial charge in [0.15, 0.2) is 9.32 Å². The lowest BCUT2D eigenvalue weighted by atomic mass is 10.0. The second kappa shape index (κ2) is 8.90. The van der Waals surface area contributed by atoms with Crippen LogP contribution in [0.2, 0.25) is 4.34 Å². The zero-order valence-electron chi connectivity index (χ0n) is 12.7. The van der Waals surface area contributed by atoms with Crippen LogP contribution in [0.4, 0.5) is 5.69 Å². The average molecular weight is 384 g/mol. The highest BCUT2D eigenvalue weighted by Crippen LogP contribution is 2.32. The van der Waals surface area contributed by atoms with Crippen LogP contribution in [0.25, 0.3) is 0 Å². The van der Waals surface area contributed by atoms with Gasteiger partial charge in [-0.2, -0.15) is 0 Å². The first-order valence-electron chi connectivity index (χ1n) is 7.11. The Kier molecular flexibility index (Phi) is 7.88. The maximum atomic E-state index is 12.1. The molecule has 0 aromatic carbocycles. The Morgan fingerprint density at radius 1 is 1.50 bits per heavy atom. The molecule has 22 heavy (non-hydrogen) atoms. The lowest BCUT2D eigenvalue weighted by molar-refractivity contribution is 0.470. The summed E-state index contributed by atoms with van der Waals surface area (Å²) in [4.78, 5) is 0. The third-order valence-corrected chi connectivity index (χ3v) is 6.69. The van der Waals surface area contributed by atoms with E-state index in [0.29, 0.717) is 16.8 Å². The lowest BCUT2D eigenvalue weighted by Gasteiger charge is -2.13. The summed E-state index contributed by atoms with van der Waals surface area (Å²) < 4.78 is 26.9. The van der Waals surface area contributed by atoms with E-state index in [1.54, 1.807) is 0 Å². The van der Waals surface area contributed by atoms with E-state index in [1.807, 2.05) is 0 Å². The minimum atomic E-state index is -3.78. The van der Waals surface area contributed by atoms with Crippen molar-refractivity contribution in [2.45, 2.75) is 43.7 Å². The number of sulfonamides is 1. The predicted molar refractivity (Wildman–Crippen MR) is 98.0 cm³/mol. The van der Waals surface area contributed by atoms with Crippen LogP contribution >= 0.6 is 35.2 Å². The minimum Gasteiger partial charge on any atom is -0.397 e. The zero-order valence-corrected chi connectivity index (χ0v) is 15.9. The van der Waals surface area contributed by atoms with Crippen molar-refractivity contribution < 1.29 is 8.42 Å². The summed E-state index contributed by atoms with van der Waals surface area (Å²) in [6.07, 6.45) is 4.49. The highest BCUT2D eigenvalue weighted by molar-refractivity contribution is 7.93. The molecule has 1 aromatic heterocycles. The van der Waals surface area contributed by atoms with E-state index >= 15 is 0 Å². The quantitative estimate of drug-likeness (QED) is 0.599. The highest BCUT2D eigenvalue weighted by Gasteiger charge is 2.21. The molecule has 0 radical (unpaired) electrons. The maximum absolute atomic E-state index is 12.1. The van der Waals surface area contributed by atoms with Crippen molar-refractivity contribution in [2.75, 3.05) is 12.3 Å². The molecule has 0 aliphatic carbocycles. The fourth-order valence-corrected chi connectivity index (χ4v) is 4.97. The average Bonchev–Trinajstić information content (AvgIpc) is 2.75. The monoisotopic (exact) mass is 383 g/mol. The lowest BCUT2D eigenvalue weighted by Crippen LogP contribution is -2.39. The number of rotatable bonds is 8. The topological polar surface area (TPSA) is 84.2 Å². The van der Waals surface area contributed by atoms with Gasteiger partial charge in [-0.15, -0.1) is 11.3 Å². The molecule has 126 valence electrons. The molecule has 0 saturated carbocycles. The number of thiocarbonyl (C=S) groups is 1. The van der Waals surface area contributed by atoms with Crippen molar-refractivity contribution in [3.63, 3.8) is 0 Å². The Balaban J connectivity index is 2.46. The summed E-state index contributed by atoms with van der Waals surface area (Å²) in [5.41, 5.74) is 5.76. The first kappa shape index (κ1) is 19.5. The molecule has 9 heteroatoms. The summed E-state index contributed by atoms with van der Waals surface area (Å²) >= 11 is 11.7. The standard InChI is InChI=1S/C13H22ClN3O2S3/c1-3-4-5-9(2)6-7-16-13(20)17-22(18,19)12-10(15)8-11(14)21-12/h8-9H,3-7,15H2,1-2H3,(H2,16,17,20). The van der Waals surface area contributed by atoms with Crippen LogP contribution in [0.15, 0.2) is 10.3 Å². The summed E-state index contributed by atoms with van der Waals surface area (Å²) in [7, 11) is -3.78. The number of halogens is 1. The molecule has 1 rings (SSSR count). The van der Waals surface area contributed by atoms with Gasteiger partial charge in [0, 0.05) is 6.54 Å². The normalized spacial score (nSPS) is 12.9. The summed E-state index contributed by atoms with van der Waals surface area (Å²) in [6, 6.07) is 1.41. The van der Waals surface area contributed by atoms with Crippen LogP contribution in [-0.2, 0) is 10.0 Å². The molecule has 0 bridgehead atoms. The van der Waals surface area contributed by atoms with Crippen LogP contribution in [0.3, 0.4) is 0 Å². The van der Waals surface area contributed by atoms with Gasteiger partial charge < -0.3 is 11.1 Å². The number of thiophene rings is 1. The van der Waals surface area contributed by atoms with Crippen LogP contribution in [0, 0.1) is 5.92 Å². The molecule has 0 aliphatic heterocycles. The first-order chi connectivity index (χ1) is 10.3. The third-order valence-electron chi connectivity index (χ3n) is 3.14. The van der Waals surface area contributed by atoms with Gasteiger partial charge in [-0.05, 0) is 30.6 Å². The summed E-state index contributed by atoms with van der Waals surface area (Å²) in [5, 5.41) is 2.99. The van der Waals surface area contributed by atoms with Crippen molar-refractivity contribution in [3.05, 3.63) is 10.4 Å². The smallest absolute Gasteiger partial charge is 0.275 e. The van der Waals surface area contributed by atoms with Gasteiger partial charge >= 0.3 is 0 Å². The molecule has 0 fully saturated rings. The van der Waals surface area contributed by atoms with Gasteiger partial charge in [-0.3, -0.25) is 4.72 Å². The van der Waals surface area contributed by atoms with E-state index in [-0.39, 0.29) is 15.0 Å². The zero-order chi connectivity index (χ0) is 16.8. The maximum Gasteiger partial charge on any atom is 0.275 e. The van der Waals surface area contributed by atoms with Gasteiger partial charge in [-0.1, -0.05) is 44.7 Å². The van der Waals surface area contributed by atoms with E-state index in [2.05, 4.69) is 23.9 Å². The van der Waals surface area contributed by atoms with E-state index in [0.717, 1.165) is 17.8 Å². The number of nitrogens with one attached hydrogen (secondary N) is 2. The van der Waals surface area contributed by atoms with Crippen molar-refractivity contribution in [2.24, 2.45) is 5.92 Å². The molecule has 0 saturated heterocycles. The third kappa shape index (κ3) is 6.28. The molecule has 1 atom stereocenters. The number of hydrogen-bond donors (Lipinski definition) is 3. The molecule has 0 spiro atoms. The summed E-state index contributed by atoms with van der Waals surface area (Å²) in [5.74, 6) is 0.582. The fourth-order valence-electron chi connectivity index (χ4n) is 1.90. The number of anilines is 1. The van der Waals surface area contributed by atoms with Crippen molar-refractivity contribution >= 4 is 56.0 Å². The Bertz CT molecular complexity index is 602. The Morgan fingerprint density at radius 3 is 2.73 bits per heavy atom. The highest BCUT2D eigenvalue weighted by atomic mass is 35.5. The van der Waals surface area contributed by atoms with Crippen LogP contribution < -0.4 is 15.8 Å². The molecular weight excluding hydrogens is 362 g/mol. The van der Waals surface area contributed by atoms with Crippen molar-refractivity contribution in [1.82, 2.24) is 10.0 Å². The van der Waals surface area contributed by atoms with E-state index < -0.39 is 10.0 Å². The molecule has 0 amide bonds. The van der Waals surface area contributed by atoms with Gasteiger partial charge in [0.1, 0.15) is 0 Å². The number of nitrogen functional groups attached to an aromatic ring is 1. The first-order valence-corrected chi connectivity index (χ1v) is 10.2. The van der Waals surface area contributed by atoms with Crippen molar-refractivity contribution in [1.29, 1.82) is 0 Å². The number of hydrogen-bond acceptors (Lipinski definition) is 5.